The van der Waals surface area contributed by atoms with Gasteiger partial charge < -0.3 is 14.7 Å². The van der Waals surface area contributed by atoms with Gasteiger partial charge in [-0.1, -0.05) is 41.2 Å². The number of aliphatic hydroxyl groups is 1. The molecule has 0 radical (unpaired) electrons. The van der Waals surface area contributed by atoms with Gasteiger partial charge in [0.15, 0.2) is 5.75 Å². The first-order valence-corrected chi connectivity index (χ1v) is 7.87. The van der Waals surface area contributed by atoms with E-state index in [1.54, 1.807) is 12.1 Å². The lowest BCUT2D eigenvalue weighted by Crippen LogP contribution is -2.38. The predicted octanol–water partition coefficient (Wildman–Crippen LogP) is 3.87. The van der Waals surface area contributed by atoms with Crippen molar-refractivity contribution in [2.45, 2.75) is 25.4 Å². The molecule has 1 N–H and O–H groups in total. The van der Waals surface area contributed by atoms with Crippen molar-refractivity contribution in [3.05, 3.63) is 27.2 Å². The number of hydrogen-bond acceptors (Lipinski definition) is 3. The summed E-state index contributed by atoms with van der Waals surface area (Å²) in [5.74, 6) is 0.371. The summed E-state index contributed by atoms with van der Waals surface area (Å²) in [7, 11) is 0. The van der Waals surface area contributed by atoms with Gasteiger partial charge in [0, 0.05) is 11.6 Å². The van der Waals surface area contributed by atoms with Gasteiger partial charge in [0.1, 0.15) is 12.7 Å². The molecule has 20 heavy (non-hydrogen) atoms. The summed E-state index contributed by atoms with van der Waals surface area (Å²) in [5.41, 5.74) is 0. The minimum absolute atomic E-state index is 0.164. The van der Waals surface area contributed by atoms with Crippen LogP contribution in [0.4, 0.5) is 0 Å². The first-order valence-electron chi connectivity index (χ1n) is 6.74. The smallest absolute Gasteiger partial charge is 0.156 e. The number of rotatable bonds is 5. The highest BCUT2D eigenvalue weighted by Gasteiger charge is 2.16. The van der Waals surface area contributed by atoms with Crippen LogP contribution in [0.25, 0.3) is 0 Å². The first kappa shape index (κ1) is 16.2. The van der Waals surface area contributed by atoms with Gasteiger partial charge >= 0.3 is 0 Å². The quantitative estimate of drug-likeness (QED) is 0.884. The molecule has 2 rings (SSSR count). The molecule has 1 aliphatic rings. The van der Waals surface area contributed by atoms with Gasteiger partial charge in [-0.2, -0.15) is 0 Å². The molecule has 1 atom stereocenters. The van der Waals surface area contributed by atoms with Crippen LogP contribution in [0, 0.1) is 0 Å². The van der Waals surface area contributed by atoms with Crippen LogP contribution in [0.3, 0.4) is 0 Å². The second kappa shape index (κ2) is 7.71. The van der Waals surface area contributed by atoms with Crippen molar-refractivity contribution in [3.63, 3.8) is 0 Å². The Morgan fingerprint density at radius 1 is 1.10 bits per heavy atom. The standard InChI is InChI=1S/C14H18Cl3NO2/c15-10-6-12(16)14(13(17)7-10)20-9-11(19)8-18-4-2-1-3-5-18/h6-7,11,19H,1-5,8-9H2/t11-/m1/s1. The largest absolute Gasteiger partial charge is 0.488 e. The third-order valence-corrected chi connectivity index (χ3v) is 4.08. The number of piperidine rings is 1. The SMILES string of the molecule is O[C@@H](COc1c(Cl)cc(Cl)cc1Cl)CN1CCCCC1. The minimum Gasteiger partial charge on any atom is -0.488 e. The summed E-state index contributed by atoms with van der Waals surface area (Å²) in [6, 6.07) is 3.14. The Hall–Kier alpha value is -0.190. The maximum atomic E-state index is 10.0. The Bertz CT molecular complexity index is 427. The maximum Gasteiger partial charge on any atom is 0.156 e. The Morgan fingerprint density at radius 3 is 2.30 bits per heavy atom. The van der Waals surface area contributed by atoms with Crippen LogP contribution in [-0.4, -0.2) is 42.4 Å². The Kier molecular flexibility index (Phi) is 6.24. The fraction of sp³-hybridized carbons (Fsp3) is 0.571. The number of ether oxygens (including phenoxy) is 1. The van der Waals surface area contributed by atoms with Crippen molar-refractivity contribution < 1.29 is 9.84 Å². The van der Waals surface area contributed by atoms with Crippen LogP contribution < -0.4 is 4.74 Å². The molecule has 1 fully saturated rings. The van der Waals surface area contributed by atoms with E-state index in [1.807, 2.05) is 0 Å². The fourth-order valence-corrected chi connectivity index (χ4v) is 3.27. The third-order valence-electron chi connectivity index (χ3n) is 3.30. The molecule has 0 aromatic heterocycles. The number of benzene rings is 1. The van der Waals surface area contributed by atoms with Crippen LogP contribution in [0.15, 0.2) is 12.1 Å². The molecule has 0 amide bonds. The summed E-state index contributed by atoms with van der Waals surface area (Å²) >= 11 is 17.9. The van der Waals surface area contributed by atoms with Crippen molar-refractivity contribution in [3.8, 4) is 5.75 Å². The molecule has 0 bridgehead atoms. The fourth-order valence-electron chi connectivity index (χ4n) is 2.34. The molecule has 6 heteroatoms. The molecule has 1 aliphatic heterocycles. The van der Waals surface area contributed by atoms with E-state index < -0.39 is 6.10 Å². The van der Waals surface area contributed by atoms with Crippen molar-refractivity contribution in [2.24, 2.45) is 0 Å². The zero-order chi connectivity index (χ0) is 14.5. The molecule has 1 saturated heterocycles. The van der Waals surface area contributed by atoms with Crippen molar-refractivity contribution in [2.75, 3.05) is 26.2 Å². The lowest BCUT2D eigenvalue weighted by molar-refractivity contribution is 0.0618. The molecule has 1 aromatic rings. The van der Waals surface area contributed by atoms with Gasteiger partial charge in [0.05, 0.1) is 10.0 Å². The molecule has 0 saturated carbocycles. The van der Waals surface area contributed by atoms with Crippen molar-refractivity contribution in [1.29, 1.82) is 0 Å². The second-order valence-corrected chi connectivity index (χ2v) is 6.28. The number of aliphatic hydroxyl groups excluding tert-OH is 1. The molecule has 0 unspecified atom stereocenters. The summed E-state index contributed by atoms with van der Waals surface area (Å²) in [6.07, 6.45) is 3.11. The average molecular weight is 339 g/mol. The summed E-state index contributed by atoms with van der Waals surface area (Å²) < 4.78 is 5.53. The molecule has 1 aromatic carbocycles. The topological polar surface area (TPSA) is 32.7 Å². The van der Waals surface area contributed by atoms with E-state index in [4.69, 9.17) is 39.5 Å². The maximum absolute atomic E-state index is 10.0. The average Bonchev–Trinajstić information content (AvgIpc) is 2.38. The van der Waals surface area contributed by atoms with Gasteiger partial charge in [0.2, 0.25) is 0 Å². The van der Waals surface area contributed by atoms with Gasteiger partial charge in [0.25, 0.3) is 0 Å². The lowest BCUT2D eigenvalue weighted by atomic mass is 10.1. The van der Waals surface area contributed by atoms with Crippen LogP contribution in [0.5, 0.6) is 5.75 Å². The highest BCUT2D eigenvalue weighted by Crippen LogP contribution is 2.35. The second-order valence-electron chi connectivity index (χ2n) is 5.02. The number of hydrogen-bond donors (Lipinski definition) is 1. The molecular formula is C14H18Cl3NO2. The van der Waals surface area contributed by atoms with E-state index in [-0.39, 0.29) is 6.61 Å². The van der Waals surface area contributed by atoms with Crippen LogP contribution in [0.2, 0.25) is 15.1 Å². The minimum atomic E-state index is -0.559. The molecule has 1 heterocycles. The van der Waals surface area contributed by atoms with Crippen molar-refractivity contribution in [1.82, 2.24) is 4.90 Å². The lowest BCUT2D eigenvalue weighted by Gasteiger charge is -2.28. The highest BCUT2D eigenvalue weighted by molar-refractivity contribution is 6.40. The zero-order valence-corrected chi connectivity index (χ0v) is 13.4. The van der Waals surface area contributed by atoms with E-state index >= 15 is 0 Å². The number of likely N-dealkylation sites (tertiary alicyclic amines) is 1. The first-order chi connectivity index (χ1) is 9.56. The summed E-state index contributed by atoms with van der Waals surface area (Å²) in [6.45, 7) is 2.86. The summed E-state index contributed by atoms with van der Waals surface area (Å²) in [5, 5.41) is 11.2. The zero-order valence-electron chi connectivity index (χ0n) is 11.1. The number of nitrogens with zero attached hydrogens (tertiary/aromatic N) is 1. The molecule has 3 nitrogen and oxygen atoms in total. The Morgan fingerprint density at radius 2 is 1.70 bits per heavy atom. The Labute approximate surface area is 134 Å². The van der Waals surface area contributed by atoms with Crippen LogP contribution in [-0.2, 0) is 0 Å². The predicted molar refractivity (Wildman–Crippen MR) is 83.3 cm³/mol. The number of β-amino-alcohol motifs (C(OH)–C–C–N with tert-alkyl or cyclic N) is 1. The molecular weight excluding hydrogens is 321 g/mol. The van der Waals surface area contributed by atoms with Crippen LogP contribution >= 0.6 is 34.8 Å². The monoisotopic (exact) mass is 337 g/mol. The van der Waals surface area contributed by atoms with E-state index in [1.165, 1.54) is 19.3 Å². The van der Waals surface area contributed by atoms with Gasteiger partial charge in [-0.3, -0.25) is 0 Å². The van der Waals surface area contributed by atoms with Gasteiger partial charge in [-0.15, -0.1) is 0 Å². The van der Waals surface area contributed by atoms with Crippen molar-refractivity contribution >= 4 is 34.8 Å². The number of halogens is 3. The third kappa shape index (κ3) is 4.68. The van der Waals surface area contributed by atoms with Gasteiger partial charge in [-0.05, 0) is 38.1 Å². The highest BCUT2D eigenvalue weighted by atomic mass is 35.5. The van der Waals surface area contributed by atoms with E-state index in [9.17, 15) is 5.11 Å². The van der Waals surface area contributed by atoms with Crippen LogP contribution in [0.1, 0.15) is 19.3 Å². The molecule has 0 aliphatic carbocycles. The van der Waals surface area contributed by atoms with E-state index in [0.29, 0.717) is 27.4 Å². The molecule has 0 spiro atoms. The summed E-state index contributed by atoms with van der Waals surface area (Å²) in [4.78, 5) is 2.25. The van der Waals surface area contributed by atoms with E-state index in [2.05, 4.69) is 4.90 Å². The Balaban J connectivity index is 1.85. The molecule has 112 valence electrons. The van der Waals surface area contributed by atoms with E-state index in [0.717, 1.165) is 13.1 Å². The normalized spacial score (nSPS) is 18.0. The van der Waals surface area contributed by atoms with Gasteiger partial charge in [-0.25, -0.2) is 0 Å².